The molecule has 2 aromatic carbocycles. The lowest BCUT2D eigenvalue weighted by Gasteiger charge is -2.21. The summed E-state index contributed by atoms with van der Waals surface area (Å²) in [4.78, 5) is 26.9. The van der Waals surface area contributed by atoms with Crippen LogP contribution in [0.5, 0.6) is 0 Å². The number of nitrogens with one attached hydrogen (secondary N) is 1. The molecular formula is C20H21N3O3. The molecule has 0 saturated carbocycles. The summed E-state index contributed by atoms with van der Waals surface area (Å²) in [5, 5.41) is 3.36. The van der Waals surface area contributed by atoms with Gasteiger partial charge < -0.3 is 20.4 Å². The first kappa shape index (κ1) is 17.5. The van der Waals surface area contributed by atoms with Crippen LogP contribution >= 0.6 is 0 Å². The Labute approximate surface area is 151 Å². The van der Waals surface area contributed by atoms with Crippen molar-refractivity contribution in [2.45, 2.75) is 13.8 Å². The minimum Gasteiger partial charge on any atom is -0.422 e. The molecule has 0 spiro atoms. The Morgan fingerprint density at radius 3 is 2.58 bits per heavy atom. The van der Waals surface area contributed by atoms with Crippen LogP contribution in [-0.2, 0) is 0 Å². The van der Waals surface area contributed by atoms with Crippen LogP contribution in [0.15, 0.2) is 57.7 Å². The molecule has 1 aromatic heterocycles. The zero-order valence-electron chi connectivity index (χ0n) is 14.8. The third-order valence-electron chi connectivity index (χ3n) is 4.24. The van der Waals surface area contributed by atoms with Crippen molar-refractivity contribution in [3.05, 3.63) is 64.5 Å². The van der Waals surface area contributed by atoms with Gasteiger partial charge in [-0.15, -0.1) is 0 Å². The molecule has 0 fully saturated rings. The fourth-order valence-electron chi connectivity index (χ4n) is 2.86. The Bertz CT molecular complexity index is 1010. The minimum absolute atomic E-state index is 0.0458. The Balaban J connectivity index is 1.94. The van der Waals surface area contributed by atoms with Gasteiger partial charge >= 0.3 is 5.63 Å². The van der Waals surface area contributed by atoms with E-state index in [9.17, 15) is 9.59 Å². The summed E-state index contributed by atoms with van der Waals surface area (Å²) in [5.74, 6) is -0.529. The van der Waals surface area contributed by atoms with Crippen molar-refractivity contribution in [3.8, 4) is 0 Å². The Kier molecular flexibility index (Phi) is 4.93. The van der Waals surface area contributed by atoms with Gasteiger partial charge in [-0.25, -0.2) is 4.79 Å². The van der Waals surface area contributed by atoms with Gasteiger partial charge in [-0.3, -0.25) is 4.79 Å². The molecule has 0 atom stereocenters. The van der Waals surface area contributed by atoms with E-state index in [1.165, 1.54) is 0 Å². The Morgan fingerprint density at radius 1 is 1.12 bits per heavy atom. The van der Waals surface area contributed by atoms with Gasteiger partial charge in [0, 0.05) is 41.6 Å². The SMILES string of the molecule is CCN(CC)c1ccc2cc(C(=O)Nc3cccc(N)c3)c(=O)oc2c1. The van der Waals surface area contributed by atoms with Crippen LogP contribution in [0.1, 0.15) is 24.2 Å². The molecule has 3 N–H and O–H groups in total. The number of carbonyl (C=O) groups is 1. The molecule has 3 aromatic rings. The summed E-state index contributed by atoms with van der Waals surface area (Å²) in [6.45, 7) is 5.83. The standard InChI is InChI=1S/C20H21N3O3/c1-3-23(4-2)16-9-8-13-10-17(20(25)26-18(13)12-16)19(24)22-15-7-5-6-14(21)11-15/h5-12H,3-4,21H2,1-2H3,(H,22,24). The van der Waals surface area contributed by atoms with E-state index in [1.807, 2.05) is 18.2 Å². The molecule has 0 unspecified atom stereocenters. The second-order valence-corrected chi connectivity index (χ2v) is 5.92. The first-order valence-electron chi connectivity index (χ1n) is 8.51. The molecule has 6 heteroatoms. The number of carbonyl (C=O) groups excluding carboxylic acids is 1. The maximum absolute atomic E-state index is 12.4. The molecule has 3 rings (SSSR count). The van der Waals surface area contributed by atoms with Crippen LogP contribution < -0.4 is 21.6 Å². The van der Waals surface area contributed by atoms with E-state index in [1.54, 1.807) is 30.3 Å². The number of hydrogen-bond acceptors (Lipinski definition) is 5. The smallest absolute Gasteiger partial charge is 0.349 e. The highest BCUT2D eigenvalue weighted by Gasteiger charge is 2.15. The fourth-order valence-corrected chi connectivity index (χ4v) is 2.86. The third kappa shape index (κ3) is 3.54. The second kappa shape index (κ2) is 7.31. The maximum Gasteiger partial charge on any atom is 0.349 e. The second-order valence-electron chi connectivity index (χ2n) is 5.92. The van der Waals surface area contributed by atoms with Crippen LogP contribution in [0.3, 0.4) is 0 Å². The van der Waals surface area contributed by atoms with Gasteiger partial charge in [-0.2, -0.15) is 0 Å². The highest BCUT2D eigenvalue weighted by molar-refractivity contribution is 6.05. The summed E-state index contributed by atoms with van der Waals surface area (Å²) in [5.41, 5.74) is 7.46. The van der Waals surface area contributed by atoms with Crippen LogP contribution in [0.4, 0.5) is 17.1 Å². The van der Waals surface area contributed by atoms with Crippen LogP contribution in [0.2, 0.25) is 0 Å². The van der Waals surface area contributed by atoms with Gasteiger partial charge in [0.25, 0.3) is 5.91 Å². The van der Waals surface area contributed by atoms with Gasteiger partial charge in [-0.1, -0.05) is 6.07 Å². The van der Waals surface area contributed by atoms with Crippen molar-refractivity contribution >= 4 is 33.9 Å². The number of rotatable bonds is 5. The van der Waals surface area contributed by atoms with Gasteiger partial charge in [0.15, 0.2) is 0 Å². The van der Waals surface area contributed by atoms with Crippen LogP contribution in [-0.4, -0.2) is 19.0 Å². The van der Waals surface area contributed by atoms with E-state index in [-0.39, 0.29) is 5.56 Å². The predicted molar refractivity (Wildman–Crippen MR) is 105 cm³/mol. The molecule has 1 amide bonds. The molecule has 26 heavy (non-hydrogen) atoms. The summed E-state index contributed by atoms with van der Waals surface area (Å²) >= 11 is 0. The molecule has 0 aliphatic carbocycles. The number of anilines is 3. The zero-order valence-corrected chi connectivity index (χ0v) is 14.8. The van der Waals surface area contributed by atoms with E-state index in [0.29, 0.717) is 22.3 Å². The molecule has 0 radical (unpaired) electrons. The quantitative estimate of drug-likeness (QED) is 0.543. The number of nitrogens with two attached hydrogens (primary N) is 1. The van der Waals surface area contributed by atoms with Gasteiger partial charge in [-0.05, 0) is 50.2 Å². The van der Waals surface area contributed by atoms with Crippen LogP contribution in [0.25, 0.3) is 11.0 Å². The van der Waals surface area contributed by atoms with E-state index in [4.69, 9.17) is 10.2 Å². The van der Waals surface area contributed by atoms with E-state index < -0.39 is 11.5 Å². The van der Waals surface area contributed by atoms with Crippen molar-refractivity contribution < 1.29 is 9.21 Å². The van der Waals surface area contributed by atoms with Gasteiger partial charge in [0.1, 0.15) is 11.1 Å². The minimum atomic E-state index is -0.671. The highest BCUT2D eigenvalue weighted by Crippen LogP contribution is 2.22. The van der Waals surface area contributed by atoms with Gasteiger partial charge in [0.05, 0.1) is 0 Å². The fraction of sp³-hybridized carbons (Fsp3) is 0.200. The third-order valence-corrected chi connectivity index (χ3v) is 4.24. The molecule has 1 heterocycles. The summed E-state index contributed by atoms with van der Waals surface area (Å²) < 4.78 is 5.39. The number of hydrogen-bond donors (Lipinski definition) is 2. The molecule has 0 bridgehead atoms. The molecule has 0 aliphatic rings. The average Bonchev–Trinajstić information content (AvgIpc) is 2.62. The normalized spacial score (nSPS) is 10.7. The topological polar surface area (TPSA) is 88.6 Å². The summed E-state index contributed by atoms with van der Waals surface area (Å²) in [6, 6.07) is 13.9. The van der Waals surface area contributed by atoms with E-state index in [0.717, 1.165) is 18.8 Å². The van der Waals surface area contributed by atoms with Crippen LogP contribution in [0, 0.1) is 0 Å². The molecule has 134 valence electrons. The van der Waals surface area contributed by atoms with E-state index >= 15 is 0 Å². The lowest BCUT2D eigenvalue weighted by atomic mass is 10.1. The van der Waals surface area contributed by atoms with Gasteiger partial charge in [0.2, 0.25) is 0 Å². The Hall–Kier alpha value is -3.28. The number of nitrogen functional groups attached to an aromatic ring is 1. The van der Waals surface area contributed by atoms with Crippen molar-refractivity contribution in [3.63, 3.8) is 0 Å². The zero-order chi connectivity index (χ0) is 18.7. The molecule has 0 saturated heterocycles. The summed E-state index contributed by atoms with van der Waals surface area (Å²) in [6.07, 6.45) is 0. The number of amides is 1. The number of benzene rings is 2. The predicted octanol–water partition coefficient (Wildman–Crippen LogP) is 3.47. The largest absolute Gasteiger partial charge is 0.422 e. The van der Waals surface area contributed by atoms with Crippen molar-refractivity contribution in [2.24, 2.45) is 0 Å². The van der Waals surface area contributed by atoms with Crippen molar-refractivity contribution in [1.82, 2.24) is 0 Å². The first-order chi connectivity index (χ1) is 12.5. The molecule has 6 nitrogen and oxygen atoms in total. The lowest BCUT2D eigenvalue weighted by molar-refractivity contribution is 0.102. The lowest BCUT2D eigenvalue weighted by Crippen LogP contribution is -2.22. The molecular weight excluding hydrogens is 330 g/mol. The summed E-state index contributed by atoms with van der Waals surface area (Å²) in [7, 11) is 0. The average molecular weight is 351 g/mol. The maximum atomic E-state index is 12.4. The first-order valence-corrected chi connectivity index (χ1v) is 8.51. The number of fused-ring (bicyclic) bond motifs is 1. The van der Waals surface area contributed by atoms with Crippen molar-refractivity contribution in [1.29, 1.82) is 0 Å². The monoisotopic (exact) mass is 351 g/mol. The Morgan fingerprint density at radius 2 is 1.88 bits per heavy atom. The molecule has 0 aliphatic heterocycles. The number of nitrogens with zero attached hydrogens (tertiary/aromatic N) is 1. The van der Waals surface area contributed by atoms with Crippen molar-refractivity contribution in [2.75, 3.05) is 29.0 Å². The highest BCUT2D eigenvalue weighted by atomic mass is 16.4. The van der Waals surface area contributed by atoms with E-state index in [2.05, 4.69) is 24.1 Å².